The monoisotopic (exact) mass is 588 g/mol. The molecule has 0 unspecified atom stereocenters. The second-order valence-corrected chi connectivity index (χ2v) is 12.1. The van der Waals surface area contributed by atoms with E-state index < -0.39 is 0 Å². The van der Waals surface area contributed by atoms with Gasteiger partial charge in [-0.3, -0.25) is 0 Å². The molecule has 0 spiro atoms. The average molecular weight is 589 g/mol. The highest BCUT2D eigenvalue weighted by atomic mass is 32.1. The number of rotatable bonds is 12. The lowest BCUT2D eigenvalue weighted by Crippen LogP contribution is -2.29. The summed E-state index contributed by atoms with van der Waals surface area (Å²) in [6.45, 7) is 0. The lowest BCUT2D eigenvalue weighted by atomic mass is 9.66. The molecular formula is C43H40S. The molecule has 0 saturated heterocycles. The summed E-state index contributed by atoms with van der Waals surface area (Å²) in [5, 5.41) is 0. The molecule has 0 saturated carbocycles. The summed E-state index contributed by atoms with van der Waals surface area (Å²) in [5.74, 6) is 0.952. The molecule has 0 N–H and O–H groups in total. The van der Waals surface area contributed by atoms with Gasteiger partial charge < -0.3 is 0 Å². The van der Waals surface area contributed by atoms with Crippen molar-refractivity contribution in [2.45, 2.75) is 37.5 Å². The minimum Gasteiger partial charge on any atom is -0.179 e. The van der Waals surface area contributed by atoms with E-state index in [0.717, 1.165) is 18.6 Å². The molecule has 0 aromatic heterocycles. The van der Waals surface area contributed by atoms with Crippen LogP contribution in [-0.2, 0) is 5.41 Å². The Balaban J connectivity index is 1.47. The zero-order chi connectivity index (χ0) is 30.0. The van der Waals surface area contributed by atoms with E-state index in [1.165, 1.54) is 69.3 Å². The number of unbranched alkanes of at least 4 members (excludes halogenated alkanes) is 3. The van der Waals surface area contributed by atoms with E-state index in [1.54, 1.807) is 0 Å². The summed E-state index contributed by atoms with van der Waals surface area (Å²) in [7, 11) is 0. The molecule has 0 atom stereocenters. The first-order valence-corrected chi connectivity index (χ1v) is 16.5. The first-order valence-electron chi connectivity index (χ1n) is 15.9. The van der Waals surface area contributed by atoms with Crippen molar-refractivity contribution in [2.75, 3.05) is 5.75 Å². The van der Waals surface area contributed by atoms with Crippen LogP contribution >= 0.6 is 12.6 Å². The molecule has 6 aromatic carbocycles. The van der Waals surface area contributed by atoms with Crippen LogP contribution in [0.1, 0.15) is 48.8 Å². The minimum atomic E-state index is -0.277. The molecule has 0 aliphatic rings. The van der Waals surface area contributed by atoms with Crippen LogP contribution in [0.2, 0.25) is 0 Å². The van der Waals surface area contributed by atoms with Crippen LogP contribution in [0.3, 0.4) is 0 Å². The predicted octanol–water partition coefficient (Wildman–Crippen LogP) is 11.9. The lowest BCUT2D eigenvalue weighted by Gasteiger charge is -2.37. The lowest BCUT2D eigenvalue weighted by molar-refractivity contribution is 0.508. The van der Waals surface area contributed by atoms with Crippen LogP contribution in [0, 0.1) is 0 Å². The highest BCUT2D eigenvalue weighted by Crippen LogP contribution is 2.45. The molecule has 0 bridgehead atoms. The van der Waals surface area contributed by atoms with Crippen molar-refractivity contribution in [3.8, 4) is 33.4 Å². The Morgan fingerprint density at radius 3 is 0.932 bits per heavy atom. The molecule has 0 aliphatic heterocycles. The zero-order valence-electron chi connectivity index (χ0n) is 25.3. The Kier molecular flexibility index (Phi) is 9.75. The molecule has 1 heteroatoms. The largest absolute Gasteiger partial charge is 0.179 e. The number of benzene rings is 6. The number of hydrogen-bond donors (Lipinski definition) is 1. The fraction of sp³-hybridized carbons (Fsp3) is 0.163. The van der Waals surface area contributed by atoms with Crippen LogP contribution in [0.5, 0.6) is 0 Å². The number of thiol groups is 1. The van der Waals surface area contributed by atoms with Gasteiger partial charge in [0.05, 0.1) is 0 Å². The van der Waals surface area contributed by atoms with Gasteiger partial charge in [-0.05, 0) is 68.7 Å². The van der Waals surface area contributed by atoms with E-state index in [0.29, 0.717) is 0 Å². The highest BCUT2D eigenvalue weighted by Gasteiger charge is 2.36. The molecule has 6 rings (SSSR count). The SMILES string of the molecule is SCCCCCCC(c1ccc(-c2ccccc2)cc1)(c1ccc(-c2ccccc2)cc1)c1ccc(-c2ccccc2)cc1. The van der Waals surface area contributed by atoms with E-state index in [2.05, 4.69) is 176 Å². The maximum atomic E-state index is 4.47. The second-order valence-electron chi connectivity index (χ2n) is 11.6. The van der Waals surface area contributed by atoms with Crippen molar-refractivity contribution in [3.05, 3.63) is 180 Å². The van der Waals surface area contributed by atoms with E-state index in [4.69, 9.17) is 0 Å². The van der Waals surface area contributed by atoms with Gasteiger partial charge in [-0.2, -0.15) is 12.6 Å². The predicted molar refractivity (Wildman–Crippen MR) is 192 cm³/mol. The molecule has 0 heterocycles. The third kappa shape index (κ3) is 6.59. The van der Waals surface area contributed by atoms with Crippen molar-refractivity contribution in [1.29, 1.82) is 0 Å². The molecule has 0 amide bonds. The van der Waals surface area contributed by atoms with Crippen molar-refractivity contribution in [2.24, 2.45) is 0 Å². The molecule has 218 valence electrons. The van der Waals surface area contributed by atoms with Crippen LogP contribution in [0.15, 0.2) is 164 Å². The Hall–Kier alpha value is -4.33. The van der Waals surface area contributed by atoms with Gasteiger partial charge in [0.2, 0.25) is 0 Å². The first-order chi connectivity index (χ1) is 21.8. The molecule has 0 nitrogen and oxygen atoms in total. The topological polar surface area (TPSA) is 0 Å². The maximum absolute atomic E-state index is 4.47. The average Bonchev–Trinajstić information content (AvgIpc) is 3.11. The summed E-state index contributed by atoms with van der Waals surface area (Å²) >= 11 is 4.47. The van der Waals surface area contributed by atoms with Gasteiger partial charge in [-0.25, -0.2) is 0 Å². The summed E-state index contributed by atoms with van der Waals surface area (Å²) in [6, 6.07) is 60.1. The van der Waals surface area contributed by atoms with Crippen LogP contribution < -0.4 is 0 Å². The molecule has 0 fully saturated rings. The van der Waals surface area contributed by atoms with Gasteiger partial charge in [0.15, 0.2) is 0 Å². The smallest absolute Gasteiger partial charge is 0.0451 e. The van der Waals surface area contributed by atoms with Gasteiger partial charge in [-0.15, -0.1) is 0 Å². The Morgan fingerprint density at radius 1 is 0.318 bits per heavy atom. The van der Waals surface area contributed by atoms with E-state index in [-0.39, 0.29) is 5.41 Å². The third-order valence-electron chi connectivity index (χ3n) is 8.91. The van der Waals surface area contributed by atoms with Crippen molar-refractivity contribution in [1.82, 2.24) is 0 Å². The van der Waals surface area contributed by atoms with Crippen molar-refractivity contribution < 1.29 is 0 Å². The first kappa shape index (κ1) is 29.7. The molecule has 44 heavy (non-hydrogen) atoms. The van der Waals surface area contributed by atoms with E-state index in [1.807, 2.05) is 0 Å². The summed E-state index contributed by atoms with van der Waals surface area (Å²) < 4.78 is 0. The van der Waals surface area contributed by atoms with Gasteiger partial charge in [0.1, 0.15) is 0 Å². The van der Waals surface area contributed by atoms with Gasteiger partial charge in [-0.1, -0.05) is 183 Å². The summed E-state index contributed by atoms with van der Waals surface area (Å²) in [6.07, 6.45) is 5.77. The maximum Gasteiger partial charge on any atom is 0.0451 e. The highest BCUT2D eigenvalue weighted by molar-refractivity contribution is 7.80. The quantitative estimate of drug-likeness (QED) is 0.0820. The van der Waals surface area contributed by atoms with Crippen molar-refractivity contribution in [3.63, 3.8) is 0 Å². The van der Waals surface area contributed by atoms with E-state index in [9.17, 15) is 0 Å². The Bertz CT molecular complexity index is 1500. The normalized spacial score (nSPS) is 11.4. The number of hydrogen-bond acceptors (Lipinski definition) is 1. The van der Waals surface area contributed by atoms with Crippen molar-refractivity contribution >= 4 is 12.6 Å². The zero-order valence-corrected chi connectivity index (χ0v) is 26.2. The molecule has 0 aliphatic carbocycles. The Labute approximate surface area is 268 Å². The third-order valence-corrected chi connectivity index (χ3v) is 9.23. The van der Waals surface area contributed by atoms with Gasteiger partial charge >= 0.3 is 0 Å². The molecule has 6 aromatic rings. The minimum absolute atomic E-state index is 0.277. The summed E-state index contributed by atoms with van der Waals surface area (Å²) in [5.41, 5.74) is 11.2. The standard InChI is InChI=1S/C43H40S/c44-33-13-2-1-12-32-43(40-26-20-37(21-27-40)34-14-6-3-7-15-34,41-28-22-38(23-29-41)35-16-8-4-9-17-35)42-30-24-39(25-31-42)36-18-10-5-11-19-36/h3-11,14-31,44H,1-2,12-13,32-33H2. The fourth-order valence-corrected chi connectivity index (χ4v) is 6.75. The van der Waals surface area contributed by atoms with Crippen LogP contribution in [0.4, 0.5) is 0 Å². The molecule has 0 radical (unpaired) electrons. The van der Waals surface area contributed by atoms with E-state index >= 15 is 0 Å². The molecular weight excluding hydrogens is 549 g/mol. The second kappa shape index (κ2) is 14.4. The van der Waals surface area contributed by atoms with Crippen LogP contribution in [-0.4, -0.2) is 5.75 Å². The van der Waals surface area contributed by atoms with Crippen LogP contribution in [0.25, 0.3) is 33.4 Å². The fourth-order valence-electron chi connectivity index (χ4n) is 6.52. The Morgan fingerprint density at radius 2 is 0.614 bits per heavy atom. The van der Waals surface area contributed by atoms with Gasteiger partial charge in [0, 0.05) is 5.41 Å². The summed E-state index contributed by atoms with van der Waals surface area (Å²) in [4.78, 5) is 0. The van der Waals surface area contributed by atoms with Gasteiger partial charge in [0.25, 0.3) is 0 Å².